The molecule has 2 aliphatic rings. The molecular weight excluding hydrogens is 352 g/mol. The number of halogens is 3. The molecule has 9 heteroatoms. The highest BCUT2D eigenvalue weighted by molar-refractivity contribution is 6.28. The van der Waals surface area contributed by atoms with Crippen LogP contribution in [0.15, 0.2) is 6.20 Å². The molecule has 3 rings (SSSR count). The normalized spacial score (nSPS) is 29.5. The van der Waals surface area contributed by atoms with Gasteiger partial charge in [0.25, 0.3) is 0 Å². The number of hydrogen-bond acceptors (Lipinski definition) is 4. The predicted molar refractivity (Wildman–Crippen MR) is 90.8 cm³/mol. The fourth-order valence-corrected chi connectivity index (χ4v) is 3.78. The van der Waals surface area contributed by atoms with Gasteiger partial charge in [0.05, 0.1) is 12.7 Å². The third kappa shape index (κ3) is 4.68. The smallest absolute Gasteiger partial charge is 0.317 e. The quantitative estimate of drug-likeness (QED) is 0.799. The van der Waals surface area contributed by atoms with Crippen LogP contribution >= 0.6 is 11.6 Å². The Balaban J connectivity index is 1.59. The van der Waals surface area contributed by atoms with E-state index in [4.69, 9.17) is 11.6 Å². The number of hydrogen-bond donors (Lipinski definition) is 2. The van der Waals surface area contributed by atoms with Gasteiger partial charge < -0.3 is 15.5 Å². The molecule has 25 heavy (non-hydrogen) atoms. The number of nitrogens with zero attached hydrogens (tertiary/aromatic N) is 3. The van der Waals surface area contributed by atoms with Gasteiger partial charge in [-0.25, -0.2) is 18.6 Å². The van der Waals surface area contributed by atoms with Gasteiger partial charge in [0.2, 0.25) is 5.28 Å². The van der Waals surface area contributed by atoms with E-state index in [-0.39, 0.29) is 35.8 Å². The molecule has 4 atom stereocenters. The number of alkyl halides is 1. The van der Waals surface area contributed by atoms with E-state index < -0.39 is 12.0 Å². The van der Waals surface area contributed by atoms with Crippen LogP contribution in [0.3, 0.4) is 0 Å². The van der Waals surface area contributed by atoms with E-state index >= 15 is 0 Å². The molecule has 1 aliphatic carbocycles. The van der Waals surface area contributed by atoms with E-state index in [0.717, 1.165) is 19.0 Å². The van der Waals surface area contributed by atoms with Crippen molar-refractivity contribution in [1.29, 1.82) is 0 Å². The molecule has 6 nitrogen and oxygen atoms in total. The van der Waals surface area contributed by atoms with E-state index in [1.807, 2.05) is 0 Å². The number of urea groups is 1. The van der Waals surface area contributed by atoms with Crippen LogP contribution in [-0.2, 0) is 0 Å². The lowest BCUT2D eigenvalue weighted by Gasteiger charge is -2.35. The zero-order valence-corrected chi connectivity index (χ0v) is 14.8. The highest BCUT2D eigenvalue weighted by Gasteiger charge is 2.31. The zero-order chi connectivity index (χ0) is 18.0. The summed E-state index contributed by atoms with van der Waals surface area (Å²) in [7, 11) is 0. The third-order valence-corrected chi connectivity index (χ3v) is 4.93. The summed E-state index contributed by atoms with van der Waals surface area (Å²) in [6.45, 7) is 2.69. The van der Waals surface area contributed by atoms with Crippen molar-refractivity contribution in [2.24, 2.45) is 5.92 Å². The van der Waals surface area contributed by atoms with Gasteiger partial charge in [-0.15, -0.1) is 0 Å². The van der Waals surface area contributed by atoms with Crippen molar-refractivity contribution in [2.45, 2.75) is 50.9 Å². The van der Waals surface area contributed by atoms with Gasteiger partial charge in [-0.3, -0.25) is 0 Å². The van der Waals surface area contributed by atoms with Crippen LogP contribution in [0.5, 0.6) is 0 Å². The molecule has 1 aromatic heterocycles. The monoisotopic (exact) mass is 373 g/mol. The molecule has 1 aromatic rings. The van der Waals surface area contributed by atoms with Crippen molar-refractivity contribution < 1.29 is 13.6 Å². The molecule has 1 aliphatic heterocycles. The summed E-state index contributed by atoms with van der Waals surface area (Å²) in [4.78, 5) is 21.2. The first kappa shape index (κ1) is 18.1. The highest BCUT2D eigenvalue weighted by Crippen LogP contribution is 2.27. The van der Waals surface area contributed by atoms with Crippen LogP contribution in [0, 0.1) is 11.7 Å². The van der Waals surface area contributed by atoms with Crippen molar-refractivity contribution in [3.63, 3.8) is 0 Å². The summed E-state index contributed by atoms with van der Waals surface area (Å²) in [6, 6.07) is -0.316. The first-order chi connectivity index (χ1) is 11.9. The Morgan fingerprint density at radius 3 is 2.84 bits per heavy atom. The lowest BCUT2D eigenvalue weighted by Crippen LogP contribution is -2.48. The summed E-state index contributed by atoms with van der Waals surface area (Å²) >= 11 is 5.72. The highest BCUT2D eigenvalue weighted by atomic mass is 35.5. The van der Waals surface area contributed by atoms with E-state index in [1.165, 1.54) is 4.90 Å². The van der Waals surface area contributed by atoms with Crippen LogP contribution in [0.25, 0.3) is 0 Å². The lowest BCUT2D eigenvalue weighted by atomic mass is 9.83. The lowest BCUT2D eigenvalue weighted by molar-refractivity contribution is 0.191. The number of aromatic nitrogens is 2. The fraction of sp³-hybridized carbons (Fsp3) is 0.688. The Morgan fingerprint density at radius 2 is 2.12 bits per heavy atom. The summed E-state index contributed by atoms with van der Waals surface area (Å²) in [5, 5.41) is 6.03. The predicted octanol–water partition coefficient (Wildman–Crippen LogP) is 2.99. The van der Waals surface area contributed by atoms with Crippen LogP contribution in [0.1, 0.15) is 32.6 Å². The number of carbonyl (C=O) groups excluding carboxylic acids is 1. The van der Waals surface area contributed by atoms with Gasteiger partial charge in [-0.2, -0.15) is 4.98 Å². The molecule has 2 amide bonds. The Hall–Kier alpha value is -1.70. The summed E-state index contributed by atoms with van der Waals surface area (Å²) in [6.07, 6.45) is 2.81. The Kier molecular flexibility index (Phi) is 5.56. The molecule has 3 unspecified atom stereocenters. The van der Waals surface area contributed by atoms with Gasteiger partial charge in [-0.05, 0) is 43.2 Å². The van der Waals surface area contributed by atoms with Crippen molar-refractivity contribution in [2.75, 3.05) is 18.4 Å². The molecule has 0 spiro atoms. The van der Waals surface area contributed by atoms with E-state index in [9.17, 15) is 13.6 Å². The second-order valence-electron chi connectivity index (χ2n) is 6.97. The molecule has 0 radical (unpaired) electrons. The standard InChI is InChI=1S/C16H22ClF2N5O/c1-9-4-11(21-14-13(19)7-20-15(17)23-14)6-12(5-9)22-16(25)24-3-2-10(18)8-24/h7,9-12H,2-6,8H2,1H3,(H,22,25)(H,20,21,23)/t9?,10-,11?,12?/m0/s1. The van der Waals surface area contributed by atoms with Gasteiger partial charge in [0, 0.05) is 18.6 Å². The van der Waals surface area contributed by atoms with Crippen LogP contribution in [-0.4, -0.2) is 52.2 Å². The molecule has 2 N–H and O–H groups in total. The minimum absolute atomic E-state index is 0.0209. The molecular formula is C16H22ClF2N5O. The molecule has 0 bridgehead atoms. The Morgan fingerprint density at radius 1 is 1.36 bits per heavy atom. The van der Waals surface area contributed by atoms with E-state index in [1.54, 1.807) is 0 Å². The third-order valence-electron chi connectivity index (χ3n) is 4.74. The molecule has 1 saturated heterocycles. The average molecular weight is 374 g/mol. The Labute approximate surface area is 150 Å². The zero-order valence-electron chi connectivity index (χ0n) is 14.0. The number of carbonyl (C=O) groups is 1. The number of amides is 2. The average Bonchev–Trinajstić information content (AvgIpc) is 2.97. The maximum Gasteiger partial charge on any atom is 0.317 e. The van der Waals surface area contributed by atoms with Crippen LogP contribution < -0.4 is 10.6 Å². The van der Waals surface area contributed by atoms with E-state index in [0.29, 0.717) is 25.3 Å². The van der Waals surface area contributed by atoms with Crippen molar-refractivity contribution >= 4 is 23.4 Å². The Bertz CT molecular complexity index is 635. The second-order valence-corrected chi connectivity index (χ2v) is 7.31. The fourth-order valence-electron chi connectivity index (χ4n) is 3.65. The number of nitrogens with one attached hydrogen (secondary N) is 2. The van der Waals surface area contributed by atoms with Crippen molar-refractivity contribution in [1.82, 2.24) is 20.2 Å². The van der Waals surface area contributed by atoms with Gasteiger partial charge in [0.15, 0.2) is 11.6 Å². The molecule has 138 valence electrons. The number of anilines is 1. The molecule has 2 fully saturated rings. The topological polar surface area (TPSA) is 70.2 Å². The van der Waals surface area contributed by atoms with Crippen LogP contribution in [0.4, 0.5) is 19.4 Å². The molecule has 0 aromatic carbocycles. The first-order valence-corrected chi connectivity index (χ1v) is 8.92. The van der Waals surface area contributed by atoms with Crippen molar-refractivity contribution in [3.05, 3.63) is 17.3 Å². The summed E-state index contributed by atoms with van der Waals surface area (Å²) in [5.41, 5.74) is 0. The first-order valence-electron chi connectivity index (χ1n) is 8.54. The van der Waals surface area contributed by atoms with Gasteiger partial charge in [0.1, 0.15) is 6.17 Å². The summed E-state index contributed by atoms with van der Waals surface area (Å²) < 4.78 is 27.1. The number of rotatable bonds is 3. The van der Waals surface area contributed by atoms with E-state index in [2.05, 4.69) is 27.5 Å². The SMILES string of the molecule is CC1CC(NC(=O)N2CC[C@H](F)C2)CC(Nc2nc(Cl)ncc2F)C1. The minimum Gasteiger partial charge on any atom is -0.365 e. The van der Waals surface area contributed by atoms with Gasteiger partial charge in [-0.1, -0.05) is 6.92 Å². The van der Waals surface area contributed by atoms with Crippen LogP contribution in [0.2, 0.25) is 5.28 Å². The van der Waals surface area contributed by atoms with Crippen molar-refractivity contribution in [3.8, 4) is 0 Å². The number of likely N-dealkylation sites (tertiary alicyclic amines) is 1. The second kappa shape index (κ2) is 7.68. The molecule has 1 saturated carbocycles. The maximum absolute atomic E-state index is 13.8. The largest absolute Gasteiger partial charge is 0.365 e. The minimum atomic E-state index is -0.934. The summed E-state index contributed by atoms with van der Waals surface area (Å²) in [5.74, 6) is -0.136. The maximum atomic E-state index is 13.8. The molecule has 2 heterocycles. The van der Waals surface area contributed by atoms with Gasteiger partial charge >= 0.3 is 6.03 Å².